The lowest BCUT2D eigenvalue weighted by atomic mass is 10.2. The van der Waals surface area contributed by atoms with Gasteiger partial charge in [-0.1, -0.05) is 18.5 Å². The van der Waals surface area contributed by atoms with E-state index in [0.29, 0.717) is 12.1 Å². The molecular weight excluding hydrogens is 230 g/mol. The fourth-order valence-corrected chi connectivity index (χ4v) is 1.47. The Kier molecular flexibility index (Phi) is 4.31. The van der Waals surface area contributed by atoms with E-state index >= 15 is 0 Å². The molecule has 0 saturated heterocycles. The number of halogens is 1. The Hall–Kier alpha value is -1.55. The molecule has 1 rings (SSSR count). The monoisotopic (exact) mass is 241 g/mol. The predicted octanol–water partition coefficient (Wildman–Crippen LogP) is 2.78. The summed E-state index contributed by atoms with van der Waals surface area (Å²) in [6, 6.07) is 4.22. The van der Waals surface area contributed by atoms with Gasteiger partial charge in [-0.25, -0.2) is 4.79 Å². The molecule has 0 spiro atoms. The Morgan fingerprint density at radius 2 is 2.06 bits per heavy atom. The van der Waals surface area contributed by atoms with Gasteiger partial charge in [-0.2, -0.15) is 0 Å². The number of benzene rings is 1. The van der Waals surface area contributed by atoms with E-state index in [4.69, 9.17) is 16.7 Å². The molecule has 0 heterocycles. The summed E-state index contributed by atoms with van der Waals surface area (Å²) in [5.74, 6) is -1.23. The number of hydrogen-bond donors (Lipinski definition) is 2. The minimum absolute atomic E-state index is 0.0549. The van der Waals surface area contributed by atoms with Gasteiger partial charge in [-0.15, -0.1) is 0 Å². The summed E-state index contributed by atoms with van der Waals surface area (Å²) in [6.07, 6.45) is 1.13. The molecule has 1 aromatic rings. The van der Waals surface area contributed by atoms with Crippen molar-refractivity contribution in [2.45, 2.75) is 19.8 Å². The van der Waals surface area contributed by atoms with Crippen LogP contribution in [0.3, 0.4) is 0 Å². The van der Waals surface area contributed by atoms with E-state index in [1.54, 1.807) is 0 Å². The molecule has 0 aromatic heterocycles. The Morgan fingerprint density at radius 1 is 1.38 bits per heavy atom. The van der Waals surface area contributed by atoms with Crippen LogP contribution in [-0.4, -0.2) is 17.0 Å². The fraction of sp³-hybridized carbons (Fsp3) is 0.273. The predicted molar refractivity (Wildman–Crippen MR) is 61.9 cm³/mol. The molecule has 0 aliphatic rings. The molecule has 1 amide bonds. The van der Waals surface area contributed by atoms with Crippen molar-refractivity contribution in [3.8, 4) is 0 Å². The van der Waals surface area contributed by atoms with Crippen LogP contribution in [0.25, 0.3) is 0 Å². The summed E-state index contributed by atoms with van der Waals surface area (Å²) in [6.45, 7) is 1.89. The van der Waals surface area contributed by atoms with E-state index in [9.17, 15) is 9.59 Å². The highest BCUT2D eigenvalue weighted by atomic mass is 35.5. The standard InChI is InChI=1S/C11H12ClNO3/c1-2-3-10(14)13-9-5-7(11(15)16)4-8(12)6-9/h4-6H,2-3H2,1H3,(H,13,14)(H,15,16). The number of nitrogens with one attached hydrogen (secondary N) is 1. The SMILES string of the molecule is CCCC(=O)Nc1cc(Cl)cc(C(=O)O)c1. The zero-order valence-corrected chi connectivity index (χ0v) is 9.54. The second-order valence-corrected chi connectivity index (χ2v) is 3.77. The number of anilines is 1. The van der Waals surface area contributed by atoms with Crippen LogP contribution in [-0.2, 0) is 4.79 Å². The highest BCUT2D eigenvalue weighted by molar-refractivity contribution is 6.31. The van der Waals surface area contributed by atoms with Crippen LogP contribution < -0.4 is 5.32 Å². The first-order chi connectivity index (χ1) is 7.52. The van der Waals surface area contributed by atoms with E-state index in [1.165, 1.54) is 18.2 Å². The minimum atomic E-state index is -1.08. The number of carboxylic acid groups (broad SMARTS) is 1. The molecule has 0 atom stereocenters. The van der Waals surface area contributed by atoms with Crippen LogP contribution >= 0.6 is 11.6 Å². The summed E-state index contributed by atoms with van der Waals surface area (Å²) in [5.41, 5.74) is 0.461. The first kappa shape index (κ1) is 12.5. The molecule has 0 fully saturated rings. The summed E-state index contributed by atoms with van der Waals surface area (Å²) < 4.78 is 0. The number of hydrogen-bond acceptors (Lipinski definition) is 2. The van der Waals surface area contributed by atoms with Crippen molar-refractivity contribution in [3.63, 3.8) is 0 Å². The Bertz CT molecular complexity index is 418. The molecule has 1 aromatic carbocycles. The van der Waals surface area contributed by atoms with E-state index in [1.807, 2.05) is 6.92 Å². The highest BCUT2D eigenvalue weighted by Gasteiger charge is 2.08. The van der Waals surface area contributed by atoms with E-state index in [2.05, 4.69) is 5.32 Å². The highest BCUT2D eigenvalue weighted by Crippen LogP contribution is 2.19. The van der Waals surface area contributed by atoms with Gasteiger partial charge in [0.1, 0.15) is 0 Å². The number of rotatable bonds is 4. The van der Waals surface area contributed by atoms with Crippen molar-refractivity contribution in [2.75, 3.05) is 5.32 Å². The average molecular weight is 242 g/mol. The van der Waals surface area contributed by atoms with Gasteiger partial charge in [0.25, 0.3) is 0 Å². The lowest BCUT2D eigenvalue weighted by molar-refractivity contribution is -0.116. The number of carbonyl (C=O) groups is 2. The van der Waals surface area contributed by atoms with Crippen LogP contribution in [0.4, 0.5) is 5.69 Å². The van der Waals surface area contributed by atoms with Gasteiger partial charge in [0.15, 0.2) is 0 Å². The molecule has 0 saturated carbocycles. The van der Waals surface area contributed by atoms with Crippen molar-refractivity contribution in [3.05, 3.63) is 28.8 Å². The molecule has 5 heteroatoms. The number of carbonyl (C=O) groups excluding carboxylic acids is 1. The number of carboxylic acids is 1. The van der Waals surface area contributed by atoms with Gasteiger partial charge in [0.2, 0.25) is 5.91 Å². The van der Waals surface area contributed by atoms with E-state index < -0.39 is 5.97 Å². The quantitative estimate of drug-likeness (QED) is 0.852. The number of aromatic carboxylic acids is 1. The maximum atomic E-state index is 11.3. The molecule has 0 unspecified atom stereocenters. The largest absolute Gasteiger partial charge is 0.478 e. The normalized spacial score (nSPS) is 9.88. The van der Waals surface area contributed by atoms with Crippen molar-refractivity contribution >= 4 is 29.2 Å². The first-order valence-corrected chi connectivity index (χ1v) is 5.24. The van der Waals surface area contributed by atoms with Gasteiger partial charge >= 0.3 is 5.97 Å². The van der Waals surface area contributed by atoms with Gasteiger partial charge in [-0.3, -0.25) is 4.79 Å². The summed E-state index contributed by atoms with van der Waals surface area (Å²) in [4.78, 5) is 22.0. The molecule has 0 aliphatic heterocycles. The van der Waals surface area contributed by atoms with Crippen molar-refractivity contribution < 1.29 is 14.7 Å². The summed E-state index contributed by atoms with van der Waals surface area (Å²) >= 11 is 5.74. The van der Waals surface area contributed by atoms with Gasteiger partial charge in [-0.05, 0) is 24.6 Å². The van der Waals surface area contributed by atoms with Crippen molar-refractivity contribution in [2.24, 2.45) is 0 Å². The molecule has 0 radical (unpaired) electrons. The molecule has 0 bridgehead atoms. The van der Waals surface area contributed by atoms with Crippen molar-refractivity contribution in [1.82, 2.24) is 0 Å². The van der Waals surface area contributed by atoms with Crippen molar-refractivity contribution in [1.29, 1.82) is 0 Å². The average Bonchev–Trinajstić information content (AvgIpc) is 2.16. The zero-order valence-electron chi connectivity index (χ0n) is 8.79. The Labute approximate surface area is 98.2 Å². The van der Waals surface area contributed by atoms with Gasteiger partial charge in [0, 0.05) is 17.1 Å². The first-order valence-electron chi connectivity index (χ1n) is 4.86. The maximum absolute atomic E-state index is 11.3. The zero-order chi connectivity index (χ0) is 12.1. The van der Waals surface area contributed by atoms with Crippen LogP contribution in [0.5, 0.6) is 0 Å². The molecule has 0 aliphatic carbocycles. The lowest BCUT2D eigenvalue weighted by Crippen LogP contribution is -2.11. The van der Waals surface area contributed by atoms with Gasteiger partial charge < -0.3 is 10.4 Å². The molecule has 4 nitrogen and oxygen atoms in total. The summed E-state index contributed by atoms with van der Waals surface area (Å²) in [7, 11) is 0. The third-order valence-corrected chi connectivity index (χ3v) is 2.12. The third kappa shape index (κ3) is 3.55. The van der Waals surface area contributed by atoms with Crippen LogP contribution in [0.2, 0.25) is 5.02 Å². The molecule has 86 valence electrons. The molecular formula is C11H12ClNO3. The Morgan fingerprint density at radius 3 is 2.62 bits per heavy atom. The lowest BCUT2D eigenvalue weighted by Gasteiger charge is -2.06. The maximum Gasteiger partial charge on any atom is 0.335 e. The number of amides is 1. The van der Waals surface area contributed by atoms with E-state index in [-0.39, 0.29) is 16.5 Å². The summed E-state index contributed by atoms with van der Waals surface area (Å²) in [5, 5.41) is 11.7. The van der Waals surface area contributed by atoms with Crippen LogP contribution in [0.1, 0.15) is 30.1 Å². The second-order valence-electron chi connectivity index (χ2n) is 3.33. The smallest absolute Gasteiger partial charge is 0.335 e. The third-order valence-electron chi connectivity index (χ3n) is 1.91. The fourth-order valence-electron chi connectivity index (χ4n) is 1.24. The van der Waals surface area contributed by atoms with E-state index in [0.717, 1.165) is 6.42 Å². The minimum Gasteiger partial charge on any atom is -0.478 e. The Balaban J connectivity index is 2.88. The molecule has 16 heavy (non-hydrogen) atoms. The topological polar surface area (TPSA) is 66.4 Å². The van der Waals surface area contributed by atoms with Crippen LogP contribution in [0.15, 0.2) is 18.2 Å². The molecule has 2 N–H and O–H groups in total. The second kappa shape index (κ2) is 5.51. The van der Waals surface area contributed by atoms with Gasteiger partial charge in [0.05, 0.1) is 5.56 Å². The van der Waals surface area contributed by atoms with Crippen LogP contribution in [0, 0.1) is 0 Å².